The molecule has 0 bridgehead atoms. The Morgan fingerprint density at radius 3 is 2.57 bits per heavy atom. The molecule has 0 aliphatic carbocycles. The maximum Gasteiger partial charge on any atom is 0.336 e. The fourth-order valence-electron chi connectivity index (χ4n) is 2.35. The molecule has 0 unspecified atom stereocenters. The minimum atomic E-state index is -0.330. The van der Waals surface area contributed by atoms with Crippen molar-refractivity contribution in [1.82, 2.24) is 0 Å². The van der Waals surface area contributed by atoms with E-state index in [9.17, 15) is 4.79 Å². The van der Waals surface area contributed by atoms with E-state index in [0.717, 1.165) is 35.3 Å². The van der Waals surface area contributed by atoms with Gasteiger partial charge in [-0.05, 0) is 43.2 Å². The molecule has 3 nitrogen and oxygen atoms in total. The molecule has 2 rings (SSSR count). The maximum atomic E-state index is 11.5. The molecule has 0 saturated heterocycles. The van der Waals surface area contributed by atoms with Gasteiger partial charge in [-0.3, -0.25) is 0 Å². The number of rotatable bonds is 6. The summed E-state index contributed by atoms with van der Waals surface area (Å²) in [5, 5.41) is 0.938. The highest BCUT2D eigenvalue weighted by molar-refractivity contribution is 7.80. The van der Waals surface area contributed by atoms with Crippen molar-refractivity contribution in [3.05, 3.63) is 40.2 Å². The van der Waals surface area contributed by atoms with Gasteiger partial charge in [0.05, 0.1) is 6.61 Å². The van der Waals surface area contributed by atoms with Gasteiger partial charge >= 0.3 is 5.63 Å². The second kappa shape index (κ2) is 6.56. The van der Waals surface area contributed by atoms with Crippen LogP contribution in [0.25, 0.3) is 11.0 Å². The summed E-state index contributed by atoms with van der Waals surface area (Å²) in [7, 11) is 0. The summed E-state index contributed by atoms with van der Waals surface area (Å²) in [5.74, 6) is 1.52. The third kappa shape index (κ3) is 3.43. The van der Waals surface area contributed by atoms with Gasteiger partial charge < -0.3 is 9.15 Å². The monoisotopic (exact) mass is 306 g/mol. The molecule has 114 valence electrons. The van der Waals surface area contributed by atoms with Crippen LogP contribution in [-0.2, 0) is 0 Å². The molecule has 0 aliphatic rings. The number of benzene rings is 1. The minimum Gasteiger partial charge on any atom is -0.493 e. The minimum absolute atomic E-state index is 0.0888. The van der Waals surface area contributed by atoms with Crippen LogP contribution in [0, 0.1) is 12.3 Å². The standard InChI is InChI=1S/C17H22O3S/c1-4-17(5-2,11-21)10-19-13-6-7-14-12(3)8-16(18)20-15(14)9-13/h6-9,21H,4-5,10-11H2,1-3H3. The van der Waals surface area contributed by atoms with Crippen LogP contribution in [0.4, 0.5) is 0 Å². The van der Waals surface area contributed by atoms with Gasteiger partial charge in [-0.25, -0.2) is 4.79 Å². The van der Waals surface area contributed by atoms with Crippen LogP contribution in [0.15, 0.2) is 33.5 Å². The van der Waals surface area contributed by atoms with Crippen molar-refractivity contribution in [2.45, 2.75) is 33.6 Å². The Morgan fingerprint density at radius 2 is 1.95 bits per heavy atom. The van der Waals surface area contributed by atoms with Gasteiger partial charge in [0.2, 0.25) is 0 Å². The van der Waals surface area contributed by atoms with Crippen molar-refractivity contribution in [3.63, 3.8) is 0 Å². The summed E-state index contributed by atoms with van der Waals surface area (Å²) in [6.45, 7) is 6.84. The highest BCUT2D eigenvalue weighted by atomic mass is 32.1. The first-order valence-electron chi connectivity index (χ1n) is 7.32. The molecular weight excluding hydrogens is 284 g/mol. The topological polar surface area (TPSA) is 39.4 Å². The van der Waals surface area contributed by atoms with Crippen LogP contribution in [0.1, 0.15) is 32.3 Å². The zero-order chi connectivity index (χ0) is 15.5. The predicted octanol–water partition coefficient (Wildman–Crippen LogP) is 4.22. The quantitative estimate of drug-likeness (QED) is 0.641. The molecular formula is C17H22O3S. The van der Waals surface area contributed by atoms with E-state index >= 15 is 0 Å². The third-order valence-corrected chi connectivity index (χ3v) is 4.97. The van der Waals surface area contributed by atoms with E-state index < -0.39 is 0 Å². The van der Waals surface area contributed by atoms with Crippen molar-refractivity contribution in [1.29, 1.82) is 0 Å². The van der Waals surface area contributed by atoms with Crippen molar-refractivity contribution in [2.75, 3.05) is 12.4 Å². The van der Waals surface area contributed by atoms with Gasteiger partial charge in [-0.15, -0.1) is 0 Å². The van der Waals surface area contributed by atoms with Crippen LogP contribution < -0.4 is 10.4 Å². The first-order chi connectivity index (χ1) is 10.0. The van der Waals surface area contributed by atoms with Crippen molar-refractivity contribution >= 4 is 23.6 Å². The summed E-state index contributed by atoms with van der Waals surface area (Å²) in [6.07, 6.45) is 2.05. The van der Waals surface area contributed by atoms with Crippen LogP contribution in [0.3, 0.4) is 0 Å². The number of hydrogen-bond donors (Lipinski definition) is 1. The molecule has 21 heavy (non-hydrogen) atoms. The molecule has 0 N–H and O–H groups in total. The van der Waals surface area contributed by atoms with Gasteiger partial charge in [-0.2, -0.15) is 12.6 Å². The summed E-state index contributed by atoms with van der Waals surface area (Å²) >= 11 is 4.45. The Labute approximate surface area is 130 Å². The Hall–Kier alpha value is -1.42. The molecule has 0 aliphatic heterocycles. The largest absolute Gasteiger partial charge is 0.493 e. The number of ether oxygens (including phenoxy) is 1. The average Bonchev–Trinajstić information content (AvgIpc) is 2.48. The Morgan fingerprint density at radius 1 is 1.24 bits per heavy atom. The maximum absolute atomic E-state index is 11.5. The average molecular weight is 306 g/mol. The Balaban J connectivity index is 2.26. The van der Waals surface area contributed by atoms with Gasteiger partial charge in [-0.1, -0.05) is 13.8 Å². The van der Waals surface area contributed by atoms with E-state index in [4.69, 9.17) is 9.15 Å². The summed E-state index contributed by atoms with van der Waals surface area (Å²) in [6, 6.07) is 7.15. The SMILES string of the molecule is CCC(CC)(CS)COc1ccc2c(C)cc(=O)oc2c1. The smallest absolute Gasteiger partial charge is 0.336 e. The van der Waals surface area contributed by atoms with E-state index in [1.165, 1.54) is 6.07 Å². The molecule has 0 fully saturated rings. The molecule has 0 spiro atoms. The summed E-state index contributed by atoms with van der Waals surface area (Å²) < 4.78 is 11.2. The van der Waals surface area contributed by atoms with Gasteiger partial charge in [0.1, 0.15) is 11.3 Å². The molecule has 0 atom stereocenters. The first-order valence-corrected chi connectivity index (χ1v) is 7.95. The molecule has 1 heterocycles. The molecule has 1 aromatic heterocycles. The zero-order valence-corrected chi connectivity index (χ0v) is 13.7. The normalized spacial score (nSPS) is 11.8. The Bertz CT molecular complexity index is 663. The lowest BCUT2D eigenvalue weighted by atomic mass is 9.85. The second-order valence-corrected chi connectivity index (χ2v) is 5.88. The van der Waals surface area contributed by atoms with Crippen LogP contribution in [0.2, 0.25) is 0 Å². The molecule has 0 radical (unpaired) electrons. The number of hydrogen-bond acceptors (Lipinski definition) is 4. The van der Waals surface area contributed by atoms with Gasteiger partial charge in [0.25, 0.3) is 0 Å². The van der Waals surface area contributed by atoms with Crippen LogP contribution in [0.5, 0.6) is 5.75 Å². The summed E-state index contributed by atoms with van der Waals surface area (Å²) in [5.41, 5.74) is 1.25. The first kappa shape index (κ1) is 16.0. The summed E-state index contributed by atoms with van der Waals surface area (Å²) in [4.78, 5) is 11.5. The molecule has 1 aromatic carbocycles. The highest BCUT2D eigenvalue weighted by Gasteiger charge is 2.25. The lowest BCUT2D eigenvalue weighted by molar-refractivity contribution is 0.157. The molecule has 4 heteroatoms. The van der Waals surface area contributed by atoms with E-state index in [2.05, 4.69) is 26.5 Å². The fourth-order valence-corrected chi connectivity index (χ4v) is 2.89. The molecule has 0 saturated carbocycles. The van der Waals surface area contributed by atoms with Crippen molar-refractivity contribution < 1.29 is 9.15 Å². The third-order valence-electron chi connectivity index (χ3n) is 4.30. The predicted molar refractivity (Wildman–Crippen MR) is 89.6 cm³/mol. The van der Waals surface area contributed by atoms with Crippen molar-refractivity contribution in [3.8, 4) is 5.75 Å². The zero-order valence-electron chi connectivity index (χ0n) is 12.8. The molecule has 0 amide bonds. The van der Waals surface area contributed by atoms with Crippen molar-refractivity contribution in [2.24, 2.45) is 5.41 Å². The Kier molecular flexibility index (Phi) is 4.99. The second-order valence-electron chi connectivity index (χ2n) is 5.56. The van der Waals surface area contributed by atoms with E-state index in [0.29, 0.717) is 12.2 Å². The lowest BCUT2D eigenvalue weighted by Crippen LogP contribution is -2.29. The van der Waals surface area contributed by atoms with E-state index in [1.54, 1.807) is 6.07 Å². The lowest BCUT2D eigenvalue weighted by Gasteiger charge is -2.29. The number of fused-ring (bicyclic) bond motifs is 1. The fraction of sp³-hybridized carbons (Fsp3) is 0.471. The number of aryl methyl sites for hydroxylation is 1. The van der Waals surface area contributed by atoms with Gasteiger partial charge in [0, 0.05) is 22.9 Å². The number of thiol groups is 1. The molecule has 2 aromatic rings. The highest BCUT2D eigenvalue weighted by Crippen LogP contribution is 2.30. The van der Waals surface area contributed by atoms with Crippen LogP contribution in [-0.4, -0.2) is 12.4 Å². The van der Waals surface area contributed by atoms with E-state index in [-0.39, 0.29) is 11.0 Å². The van der Waals surface area contributed by atoms with Crippen LogP contribution >= 0.6 is 12.6 Å². The van der Waals surface area contributed by atoms with E-state index in [1.807, 2.05) is 19.1 Å². The van der Waals surface area contributed by atoms with Gasteiger partial charge in [0.15, 0.2) is 0 Å².